The Labute approximate surface area is 152 Å². The van der Waals surface area contributed by atoms with Crippen LogP contribution in [0.2, 0.25) is 0 Å². The van der Waals surface area contributed by atoms with Crippen LogP contribution in [-0.2, 0) is 0 Å². The van der Waals surface area contributed by atoms with E-state index in [0.717, 1.165) is 15.7 Å². The normalized spacial score (nSPS) is 11.1. The number of ether oxygens (including phenoxy) is 2. The number of nitrogens with one attached hydrogen (secondary N) is 1. The van der Waals surface area contributed by atoms with Crippen LogP contribution in [0.1, 0.15) is 30.5 Å². The van der Waals surface area contributed by atoms with E-state index < -0.39 is 0 Å². The van der Waals surface area contributed by atoms with Gasteiger partial charge in [-0.1, -0.05) is 6.07 Å². The van der Waals surface area contributed by atoms with Crippen molar-refractivity contribution in [3.05, 3.63) is 51.5 Å². The molecular weight excluding hydrogens is 368 g/mol. The fourth-order valence-electron chi connectivity index (χ4n) is 2.16. The van der Waals surface area contributed by atoms with Crippen LogP contribution in [-0.4, -0.2) is 19.4 Å². The molecule has 0 heterocycles. The Morgan fingerprint density at radius 3 is 2.50 bits per heavy atom. The van der Waals surface area contributed by atoms with Gasteiger partial charge < -0.3 is 9.47 Å². The molecule has 2 rings (SSSR count). The molecule has 0 aliphatic heterocycles. The summed E-state index contributed by atoms with van der Waals surface area (Å²) in [6.45, 7) is 8.14. The van der Waals surface area contributed by atoms with Gasteiger partial charge in [0.15, 0.2) is 11.5 Å². The maximum Gasteiger partial charge on any atom is 0.175 e. The van der Waals surface area contributed by atoms with Crippen LogP contribution in [0.15, 0.2) is 39.9 Å². The summed E-state index contributed by atoms with van der Waals surface area (Å²) in [5.74, 6) is 1.37. The van der Waals surface area contributed by atoms with Gasteiger partial charge in [0.05, 0.1) is 29.6 Å². The number of aryl methyl sites for hydroxylation is 2. The van der Waals surface area contributed by atoms with Gasteiger partial charge >= 0.3 is 0 Å². The van der Waals surface area contributed by atoms with E-state index in [1.54, 1.807) is 13.3 Å². The zero-order valence-corrected chi connectivity index (χ0v) is 16.3. The summed E-state index contributed by atoms with van der Waals surface area (Å²) in [6.07, 6.45) is 1.82. The number of rotatable bonds is 6. The first-order valence-corrected chi connectivity index (χ1v) is 8.60. The Hall–Kier alpha value is -2.01. The molecule has 4 nitrogen and oxygen atoms in total. The lowest BCUT2D eigenvalue weighted by molar-refractivity contribution is 0.228. The molecule has 5 heteroatoms. The smallest absolute Gasteiger partial charge is 0.175 e. The van der Waals surface area contributed by atoms with Gasteiger partial charge in [0.25, 0.3) is 0 Å². The second-order valence-electron chi connectivity index (χ2n) is 5.87. The molecule has 2 aromatic rings. The third kappa shape index (κ3) is 4.74. The Balaban J connectivity index is 2.17. The standard InChI is InChI=1S/C19H23BrN2O2/c1-12(2)24-19-17(20)9-15(10-18(19)23-5)11-21-22-16-7-6-13(3)14(4)8-16/h6-12,22H,1-5H3/b21-11+. The van der Waals surface area contributed by atoms with Crippen molar-refractivity contribution in [1.29, 1.82) is 0 Å². The highest BCUT2D eigenvalue weighted by Crippen LogP contribution is 2.37. The van der Waals surface area contributed by atoms with E-state index in [1.807, 2.05) is 32.0 Å². The number of halogens is 1. The summed E-state index contributed by atoms with van der Waals surface area (Å²) in [5, 5.41) is 4.30. The number of nitrogens with zero attached hydrogens (tertiary/aromatic N) is 1. The highest BCUT2D eigenvalue weighted by molar-refractivity contribution is 9.10. The second-order valence-corrected chi connectivity index (χ2v) is 6.72. The molecule has 0 bridgehead atoms. The average Bonchev–Trinajstić information content (AvgIpc) is 2.52. The first-order valence-electron chi connectivity index (χ1n) is 7.81. The minimum Gasteiger partial charge on any atom is -0.493 e. The molecule has 0 aliphatic carbocycles. The number of hydrazone groups is 1. The van der Waals surface area contributed by atoms with Gasteiger partial charge in [0.2, 0.25) is 0 Å². The van der Waals surface area contributed by atoms with Gasteiger partial charge in [-0.3, -0.25) is 5.43 Å². The zero-order valence-electron chi connectivity index (χ0n) is 14.7. The molecule has 0 radical (unpaired) electrons. The van der Waals surface area contributed by atoms with Crippen molar-refractivity contribution in [2.75, 3.05) is 12.5 Å². The maximum absolute atomic E-state index is 5.79. The van der Waals surface area contributed by atoms with Crippen molar-refractivity contribution < 1.29 is 9.47 Å². The first-order chi connectivity index (χ1) is 11.4. The molecule has 2 aromatic carbocycles. The van der Waals surface area contributed by atoms with Crippen LogP contribution in [0.4, 0.5) is 5.69 Å². The zero-order chi connectivity index (χ0) is 17.7. The lowest BCUT2D eigenvalue weighted by atomic mass is 10.1. The molecule has 0 spiro atoms. The Bertz CT molecular complexity index is 742. The van der Waals surface area contributed by atoms with Gasteiger partial charge in [0.1, 0.15) is 0 Å². The van der Waals surface area contributed by atoms with E-state index in [0.29, 0.717) is 11.5 Å². The lowest BCUT2D eigenvalue weighted by Crippen LogP contribution is -2.07. The van der Waals surface area contributed by atoms with Gasteiger partial charge in [-0.15, -0.1) is 0 Å². The fourth-order valence-corrected chi connectivity index (χ4v) is 2.71. The number of benzene rings is 2. The van der Waals surface area contributed by atoms with E-state index in [-0.39, 0.29) is 6.10 Å². The molecule has 0 aliphatic rings. The Kier molecular flexibility index (Phi) is 6.26. The SMILES string of the molecule is COc1cc(/C=N/Nc2ccc(C)c(C)c2)cc(Br)c1OC(C)C. The predicted octanol–water partition coefficient (Wildman–Crippen LogP) is 5.31. The summed E-state index contributed by atoms with van der Waals surface area (Å²) in [7, 11) is 1.63. The molecule has 24 heavy (non-hydrogen) atoms. The van der Waals surface area contributed by atoms with Crippen LogP contribution < -0.4 is 14.9 Å². The van der Waals surface area contributed by atoms with E-state index in [9.17, 15) is 0 Å². The van der Waals surface area contributed by atoms with E-state index in [2.05, 4.69) is 52.4 Å². The number of hydrogen-bond donors (Lipinski definition) is 1. The molecule has 128 valence electrons. The number of hydrogen-bond acceptors (Lipinski definition) is 4. The first kappa shape index (κ1) is 18.3. The van der Waals surface area contributed by atoms with Crippen molar-refractivity contribution in [2.45, 2.75) is 33.8 Å². The molecule has 0 saturated carbocycles. The lowest BCUT2D eigenvalue weighted by Gasteiger charge is -2.15. The van der Waals surface area contributed by atoms with Crippen molar-refractivity contribution in [1.82, 2.24) is 0 Å². The van der Waals surface area contributed by atoms with Crippen molar-refractivity contribution in [3.8, 4) is 11.5 Å². The van der Waals surface area contributed by atoms with Crippen molar-refractivity contribution >= 4 is 27.8 Å². The van der Waals surface area contributed by atoms with Gasteiger partial charge in [-0.05, 0) is 84.6 Å². The molecule has 0 atom stereocenters. The topological polar surface area (TPSA) is 42.8 Å². The van der Waals surface area contributed by atoms with Crippen molar-refractivity contribution in [3.63, 3.8) is 0 Å². The summed E-state index contributed by atoms with van der Waals surface area (Å²) in [4.78, 5) is 0. The van der Waals surface area contributed by atoms with E-state index in [1.165, 1.54) is 11.1 Å². The third-order valence-electron chi connectivity index (χ3n) is 3.52. The number of methoxy groups -OCH3 is 1. The minimum absolute atomic E-state index is 0.0705. The molecule has 1 N–H and O–H groups in total. The summed E-state index contributed by atoms with van der Waals surface area (Å²) < 4.78 is 12.0. The second kappa shape index (κ2) is 8.20. The minimum atomic E-state index is 0.0705. The Morgan fingerprint density at radius 2 is 1.88 bits per heavy atom. The van der Waals surface area contributed by atoms with Crippen LogP contribution in [0.3, 0.4) is 0 Å². The molecule has 0 amide bonds. The molecule has 0 aromatic heterocycles. The number of anilines is 1. The van der Waals surface area contributed by atoms with Crippen LogP contribution in [0.25, 0.3) is 0 Å². The highest BCUT2D eigenvalue weighted by Gasteiger charge is 2.12. The summed E-state index contributed by atoms with van der Waals surface area (Å²) in [6, 6.07) is 10.0. The summed E-state index contributed by atoms with van der Waals surface area (Å²) in [5.41, 5.74) is 7.41. The maximum atomic E-state index is 5.79. The third-order valence-corrected chi connectivity index (χ3v) is 4.11. The monoisotopic (exact) mass is 390 g/mol. The Morgan fingerprint density at radius 1 is 1.12 bits per heavy atom. The average molecular weight is 391 g/mol. The quantitative estimate of drug-likeness (QED) is 0.536. The van der Waals surface area contributed by atoms with E-state index >= 15 is 0 Å². The van der Waals surface area contributed by atoms with Crippen LogP contribution >= 0.6 is 15.9 Å². The largest absolute Gasteiger partial charge is 0.493 e. The van der Waals surface area contributed by atoms with E-state index in [4.69, 9.17) is 9.47 Å². The van der Waals surface area contributed by atoms with Crippen molar-refractivity contribution in [2.24, 2.45) is 5.10 Å². The van der Waals surface area contributed by atoms with Gasteiger partial charge in [-0.25, -0.2) is 0 Å². The molecular formula is C19H23BrN2O2. The molecule has 0 fully saturated rings. The van der Waals surface area contributed by atoms with Gasteiger partial charge in [0, 0.05) is 0 Å². The fraction of sp³-hybridized carbons (Fsp3) is 0.316. The highest BCUT2D eigenvalue weighted by atomic mass is 79.9. The van der Waals surface area contributed by atoms with Gasteiger partial charge in [-0.2, -0.15) is 5.10 Å². The summed E-state index contributed by atoms with van der Waals surface area (Å²) >= 11 is 3.53. The predicted molar refractivity (Wildman–Crippen MR) is 104 cm³/mol. The van der Waals surface area contributed by atoms with Crippen LogP contribution in [0, 0.1) is 13.8 Å². The molecule has 0 unspecified atom stereocenters. The molecule has 0 saturated heterocycles. The van der Waals surface area contributed by atoms with Crippen LogP contribution in [0.5, 0.6) is 11.5 Å².